The number of methoxy groups -OCH3 is 1. The molecule has 1 aliphatic carbocycles. The highest BCUT2D eigenvalue weighted by atomic mass is 32.1. The first-order chi connectivity index (χ1) is 55.8. The molecular weight excluding hydrogens is 1440 g/mol. The van der Waals surface area contributed by atoms with E-state index in [0.717, 1.165) is 176 Å². The Labute approximate surface area is 678 Å². The van der Waals surface area contributed by atoms with Gasteiger partial charge in [0.25, 0.3) is 0 Å². The van der Waals surface area contributed by atoms with Gasteiger partial charge >= 0.3 is 6.09 Å². The van der Waals surface area contributed by atoms with Crippen molar-refractivity contribution in [2.24, 2.45) is 5.92 Å². The van der Waals surface area contributed by atoms with E-state index in [0.29, 0.717) is 26.2 Å². The Morgan fingerprint density at radius 2 is 0.800 bits per heavy atom. The molecule has 17 heteroatoms. The third-order valence-electron chi connectivity index (χ3n) is 21.3. The Hall–Kier alpha value is -12.5. The Balaban J connectivity index is 0.000000143. The highest BCUT2D eigenvalue weighted by Crippen LogP contribution is 2.37. The van der Waals surface area contributed by atoms with E-state index in [4.69, 9.17) is 34.6 Å². The molecule has 7 aromatic heterocycles. The molecule has 1 fully saturated rings. The molecule has 3 amide bonds. The summed E-state index contributed by atoms with van der Waals surface area (Å²) in [4.78, 5) is 67.4. The number of aryl methyl sites for hydroxylation is 9. The lowest BCUT2D eigenvalue weighted by Crippen LogP contribution is -2.23. The molecule has 16 rings (SSSR count). The SMILES string of the molecule is CCc1nc2c(C)cc(C)nc2n1Cc1ccc(-c2cc(-c3ccccc3)ccc2CNC(C)=O)cc1.CCc1nc2c(C)cc(C)nc2n1Cc1ccc(-c2cc(Cc3ccccc3)ccc2CNC(=O)OC)cc1.CCc1nc2c(C)cc(C)nc2n1Cc1ccc(-c2cc(Cc3ccccc3)sc2CNC(=O)C2CC2)cc1. The summed E-state index contributed by atoms with van der Waals surface area (Å²) in [6.07, 6.45) is 5.89. The van der Waals surface area contributed by atoms with Crippen LogP contribution in [0.15, 0.2) is 224 Å². The highest BCUT2D eigenvalue weighted by molar-refractivity contribution is 7.12. The van der Waals surface area contributed by atoms with Crippen molar-refractivity contribution in [3.8, 4) is 44.5 Å². The lowest BCUT2D eigenvalue weighted by Gasteiger charge is -2.14. The number of amides is 3. The zero-order valence-corrected chi connectivity index (χ0v) is 68.5. The summed E-state index contributed by atoms with van der Waals surface area (Å²) in [5.74, 6) is 3.52. The van der Waals surface area contributed by atoms with Crippen LogP contribution in [0.25, 0.3) is 78.0 Å². The molecule has 115 heavy (non-hydrogen) atoms. The largest absolute Gasteiger partial charge is 0.453 e. The zero-order valence-electron chi connectivity index (χ0n) is 67.7. The van der Waals surface area contributed by atoms with Crippen LogP contribution in [0.3, 0.4) is 0 Å². The van der Waals surface area contributed by atoms with Crippen molar-refractivity contribution < 1.29 is 19.1 Å². The van der Waals surface area contributed by atoms with Crippen LogP contribution in [0, 0.1) is 47.5 Å². The van der Waals surface area contributed by atoms with Crippen LogP contribution in [0.1, 0.15) is 146 Å². The van der Waals surface area contributed by atoms with E-state index in [1.807, 2.05) is 32.9 Å². The first kappa shape index (κ1) is 79.2. The lowest BCUT2D eigenvalue weighted by molar-refractivity contribution is -0.122. The fourth-order valence-electron chi connectivity index (χ4n) is 15.2. The van der Waals surface area contributed by atoms with Crippen molar-refractivity contribution in [1.82, 2.24) is 59.6 Å². The number of pyridine rings is 3. The number of fused-ring (bicyclic) bond motifs is 3. The fraction of sp³-hybridized carbons (Fsp3) is 0.255. The molecule has 16 nitrogen and oxygen atoms in total. The van der Waals surface area contributed by atoms with E-state index in [1.54, 1.807) is 18.3 Å². The third-order valence-corrected chi connectivity index (χ3v) is 22.4. The summed E-state index contributed by atoms with van der Waals surface area (Å²) in [5.41, 5.74) is 31.0. The topological polar surface area (TPSA) is 189 Å². The second-order valence-corrected chi connectivity index (χ2v) is 31.3. The summed E-state index contributed by atoms with van der Waals surface area (Å²) in [6.45, 7) is 24.0. The maximum atomic E-state index is 12.4. The van der Waals surface area contributed by atoms with Gasteiger partial charge < -0.3 is 34.4 Å². The van der Waals surface area contributed by atoms with Crippen LogP contribution in [0.4, 0.5) is 4.79 Å². The molecule has 0 bridgehead atoms. The summed E-state index contributed by atoms with van der Waals surface area (Å²) in [6, 6.07) is 79.1. The minimum Gasteiger partial charge on any atom is -0.453 e. The van der Waals surface area contributed by atoms with Crippen LogP contribution in [-0.4, -0.2) is 68.6 Å². The first-order valence-corrected chi connectivity index (χ1v) is 40.8. The molecule has 3 N–H and O–H groups in total. The molecular formula is C98H100N12O4S. The number of alkyl carbamates (subject to hydrolysis) is 1. The predicted molar refractivity (Wildman–Crippen MR) is 465 cm³/mol. The van der Waals surface area contributed by atoms with Crippen LogP contribution in [0.5, 0.6) is 0 Å². The number of nitrogens with zero attached hydrogens (tertiary/aromatic N) is 9. The van der Waals surface area contributed by atoms with Gasteiger partial charge in [0, 0.05) is 78.5 Å². The van der Waals surface area contributed by atoms with Gasteiger partial charge in [0.05, 0.1) is 33.3 Å². The number of aromatic nitrogens is 9. The van der Waals surface area contributed by atoms with Gasteiger partial charge in [-0.15, -0.1) is 11.3 Å². The highest BCUT2D eigenvalue weighted by Gasteiger charge is 2.30. The number of hydrogen-bond acceptors (Lipinski definition) is 11. The summed E-state index contributed by atoms with van der Waals surface area (Å²) < 4.78 is 11.5. The van der Waals surface area contributed by atoms with Crippen molar-refractivity contribution in [3.05, 3.63) is 330 Å². The maximum absolute atomic E-state index is 12.4. The monoisotopic (exact) mass is 1540 g/mol. The number of benzene rings is 8. The average molecular weight is 1540 g/mol. The van der Waals surface area contributed by atoms with Crippen molar-refractivity contribution in [2.45, 2.75) is 153 Å². The van der Waals surface area contributed by atoms with Crippen LogP contribution in [0.2, 0.25) is 0 Å². The molecule has 0 spiro atoms. The predicted octanol–water partition coefficient (Wildman–Crippen LogP) is 20.4. The van der Waals surface area contributed by atoms with Crippen molar-refractivity contribution in [1.29, 1.82) is 0 Å². The molecule has 1 aliphatic rings. The number of carbonyl (C=O) groups is 3. The molecule has 8 aromatic carbocycles. The quantitative estimate of drug-likeness (QED) is 0.0525. The summed E-state index contributed by atoms with van der Waals surface area (Å²) in [7, 11) is 1.38. The number of imidazole rings is 3. The molecule has 0 saturated heterocycles. The van der Waals surface area contributed by atoms with E-state index < -0.39 is 6.09 Å². The molecule has 0 unspecified atom stereocenters. The number of carbonyl (C=O) groups excluding carboxylic acids is 3. The smallest absolute Gasteiger partial charge is 0.407 e. The third kappa shape index (κ3) is 19.1. The molecule has 15 aromatic rings. The van der Waals surface area contributed by atoms with Gasteiger partial charge in [0.1, 0.15) is 34.0 Å². The van der Waals surface area contributed by atoms with Crippen LogP contribution in [-0.2, 0) is 85.7 Å². The zero-order chi connectivity index (χ0) is 80.2. The van der Waals surface area contributed by atoms with Gasteiger partial charge in [-0.1, -0.05) is 215 Å². The number of hydrogen-bond donors (Lipinski definition) is 3. The van der Waals surface area contributed by atoms with Gasteiger partial charge in [-0.25, -0.2) is 34.7 Å². The van der Waals surface area contributed by atoms with Crippen molar-refractivity contribution >= 4 is 62.7 Å². The van der Waals surface area contributed by atoms with E-state index in [1.165, 1.54) is 72.5 Å². The minimum atomic E-state index is -0.442. The maximum Gasteiger partial charge on any atom is 0.407 e. The molecule has 7 heterocycles. The number of rotatable bonds is 24. The molecule has 582 valence electrons. The lowest BCUT2D eigenvalue weighted by atomic mass is 9.94. The minimum absolute atomic E-state index is 0.0354. The summed E-state index contributed by atoms with van der Waals surface area (Å²) >= 11 is 1.80. The normalized spacial score (nSPS) is 11.8. The summed E-state index contributed by atoms with van der Waals surface area (Å²) in [5, 5.41) is 8.97. The van der Waals surface area contributed by atoms with Crippen molar-refractivity contribution in [2.75, 3.05) is 7.11 Å². The van der Waals surface area contributed by atoms with Gasteiger partial charge in [-0.2, -0.15) is 0 Å². The van der Waals surface area contributed by atoms with E-state index in [-0.39, 0.29) is 17.7 Å². The van der Waals surface area contributed by atoms with Crippen LogP contribution < -0.4 is 16.0 Å². The van der Waals surface area contributed by atoms with Gasteiger partial charge in [-0.05, 0) is 197 Å². The number of thiophene rings is 1. The Morgan fingerprint density at radius 1 is 0.400 bits per heavy atom. The molecule has 0 radical (unpaired) electrons. The molecule has 0 atom stereocenters. The van der Waals surface area contributed by atoms with Crippen molar-refractivity contribution in [3.63, 3.8) is 0 Å². The Bertz CT molecular complexity index is 5960. The molecule has 0 aliphatic heterocycles. The standard InChI is InChI=1S/C33H34N4O2.C33H34N4OS.C32H32N4O/c1-5-30-36-31-22(2)17-23(3)35-32(31)37(30)21-25-11-14-27(15-12-25)29-19-26(18-24-9-7-6-8-10-24)13-16-28(29)20-34-33(38)39-4;1-4-30-36-31-21(2)16-22(3)35-32(31)37(30)20-24-10-12-25(13-11-24)28-18-27(17-23-8-6-5-7-9-23)39-29(28)19-34-33(38)26-14-15-26;1-5-30-35-31-21(2)17-22(3)34-32(31)36(30)20-24-11-13-26(14-12-24)29-18-27(25-9-7-6-8-10-25)15-16-28(29)19-33-23(4)37/h6-17,19H,5,18,20-21H2,1-4H3,(H,34,38);5-13,16,18,26H,4,14-15,17,19-20H2,1-3H3,(H,34,38);6-18H,5,19-20H2,1-4H3,(H,33,37). The number of nitrogens with one attached hydrogen (secondary N) is 3. The average Bonchev–Trinajstić information content (AvgIpc) is 1.65. The Morgan fingerprint density at radius 3 is 1.23 bits per heavy atom. The fourth-order valence-corrected chi connectivity index (χ4v) is 16.4. The second-order valence-electron chi connectivity index (χ2n) is 30.1. The number of ether oxygens (including phenoxy) is 1. The van der Waals surface area contributed by atoms with E-state index >= 15 is 0 Å². The second kappa shape index (κ2) is 36.1. The van der Waals surface area contributed by atoms with Gasteiger partial charge in [0.15, 0.2) is 16.9 Å². The van der Waals surface area contributed by atoms with E-state index in [2.05, 4.69) is 284 Å². The molecule has 1 saturated carbocycles. The first-order valence-electron chi connectivity index (χ1n) is 40.0. The Kier molecular flexibility index (Phi) is 24.9. The van der Waals surface area contributed by atoms with E-state index in [9.17, 15) is 14.4 Å². The van der Waals surface area contributed by atoms with Gasteiger partial charge in [-0.3, -0.25) is 9.59 Å². The van der Waals surface area contributed by atoms with Crippen LogP contribution >= 0.6 is 11.3 Å². The van der Waals surface area contributed by atoms with Gasteiger partial charge in [0.2, 0.25) is 11.8 Å².